The Morgan fingerprint density at radius 3 is 2.41 bits per heavy atom. The second kappa shape index (κ2) is 6.20. The third-order valence-corrected chi connectivity index (χ3v) is 4.55. The fraction of sp³-hybridized carbons (Fsp3) is 0.111. The molecule has 2 aromatic carbocycles. The molecule has 0 N–H and O–H groups in total. The lowest BCUT2D eigenvalue weighted by Gasteiger charge is -2.02. The van der Waals surface area contributed by atoms with Crippen LogP contribution in [0.4, 0.5) is 0 Å². The number of nitrogens with zero attached hydrogens (tertiary/aromatic N) is 1. The van der Waals surface area contributed by atoms with Crippen molar-refractivity contribution in [1.29, 1.82) is 0 Å². The average molecular weight is 310 g/mol. The molecular formula is C18H16NO2S+. The number of hydrogen-bond acceptors (Lipinski definition) is 2. The maximum atomic E-state index is 12.4. The van der Waals surface area contributed by atoms with Gasteiger partial charge in [-0.15, -0.1) is 0 Å². The van der Waals surface area contributed by atoms with E-state index in [0.717, 1.165) is 15.8 Å². The molecule has 0 saturated carbocycles. The first-order chi connectivity index (χ1) is 10.6. The summed E-state index contributed by atoms with van der Waals surface area (Å²) in [6.07, 6.45) is 3.54. The molecule has 3 rings (SSSR count). The van der Waals surface area contributed by atoms with Crippen LogP contribution in [0.25, 0.3) is 10.9 Å². The lowest BCUT2D eigenvalue weighted by molar-refractivity contribution is -0.657. The van der Waals surface area contributed by atoms with Crippen LogP contribution in [0.2, 0.25) is 0 Å². The van der Waals surface area contributed by atoms with Crippen molar-refractivity contribution in [3.8, 4) is 0 Å². The van der Waals surface area contributed by atoms with Crippen molar-refractivity contribution in [2.75, 3.05) is 6.26 Å². The number of pyridine rings is 1. The van der Waals surface area contributed by atoms with Gasteiger partial charge in [-0.3, -0.25) is 9.00 Å². The number of carbonyl (C=O) groups is 1. The highest BCUT2D eigenvalue weighted by atomic mass is 32.2. The third-order valence-electron chi connectivity index (χ3n) is 3.61. The lowest BCUT2D eigenvalue weighted by Crippen LogP contribution is -2.38. The molecule has 0 aliphatic rings. The smallest absolute Gasteiger partial charge is 0.227 e. The highest BCUT2D eigenvalue weighted by Crippen LogP contribution is 2.10. The van der Waals surface area contributed by atoms with E-state index in [1.165, 1.54) is 0 Å². The Balaban J connectivity index is 1.88. The minimum absolute atomic E-state index is 0.0368. The molecule has 1 heterocycles. The maximum Gasteiger partial charge on any atom is 0.227 e. The van der Waals surface area contributed by atoms with Crippen LogP contribution >= 0.6 is 0 Å². The van der Waals surface area contributed by atoms with E-state index in [1.54, 1.807) is 30.5 Å². The van der Waals surface area contributed by atoms with Gasteiger partial charge in [0.25, 0.3) is 0 Å². The van der Waals surface area contributed by atoms with Gasteiger partial charge in [0.1, 0.15) is 0 Å². The Hall–Kier alpha value is -2.33. The molecule has 3 nitrogen and oxygen atoms in total. The molecule has 110 valence electrons. The number of aromatic nitrogens is 1. The van der Waals surface area contributed by atoms with Crippen LogP contribution in [0, 0.1) is 0 Å². The van der Waals surface area contributed by atoms with Crippen LogP contribution in [-0.2, 0) is 17.3 Å². The zero-order valence-corrected chi connectivity index (χ0v) is 13.0. The first-order valence-electron chi connectivity index (χ1n) is 6.99. The fourth-order valence-corrected chi connectivity index (χ4v) is 2.96. The van der Waals surface area contributed by atoms with Gasteiger partial charge in [-0.1, -0.05) is 12.1 Å². The van der Waals surface area contributed by atoms with Gasteiger partial charge < -0.3 is 0 Å². The number of Topliss-reactive ketones (excluding diaryl/α,β-unsaturated/α-hetero) is 1. The van der Waals surface area contributed by atoms with E-state index in [2.05, 4.69) is 0 Å². The number of carbonyl (C=O) groups excluding carboxylic acids is 1. The summed E-state index contributed by atoms with van der Waals surface area (Å²) in [5.74, 6) is 0.0368. The largest absolute Gasteiger partial charge is 0.287 e. The average Bonchev–Trinajstić information content (AvgIpc) is 2.55. The van der Waals surface area contributed by atoms with Crippen molar-refractivity contribution in [2.45, 2.75) is 11.4 Å². The van der Waals surface area contributed by atoms with Crippen LogP contribution in [0.5, 0.6) is 0 Å². The number of para-hydroxylation sites is 1. The van der Waals surface area contributed by atoms with E-state index in [9.17, 15) is 9.00 Å². The number of benzene rings is 2. The molecule has 1 atom stereocenters. The molecule has 0 radical (unpaired) electrons. The minimum atomic E-state index is -1.02. The standard InChI is InChI=1S/C18H16NO2S/c1-22(21)16-10-8-15(9-11-16)18(20)13-19-12-4-6-14-5-2-3-7-17(14)19/h2-12H,13H2,1H3/q+1. The number of fused-ring (bicyclic) bond motifs is 1. The second-order valence-electron chi connectivity index (χ2n) is 5.10. The van der Waals surface area contributed by atoms with E-state index in [0.29, 0.717) is 5.56 Å². The van der Waals surface area contributed by atoms with E-state index in [-0.39, 0.29) is 12.3 Å². The third kappa shape index (κ3) is 2.97. The van der Waals surface area contributed by atoms with Crippen LogP contribution in [0.3, 0.4) is 0 Å². The van der Waals surface area contributed by atoms with Gasteiger partial charge in [-0.2, -0.15) is 4.57 Å². The highest BCUT2D eigenvalue weighted by Gasteiger charge is 2.15. The molecule has 0 spiro atoms. The Labute approximate surface area is 131 Å². The molecule has 1 aromatic heterocycles. The van der Waals surface area contributed by atoms with E-state index in [1.807, 2.05) is 47.2 Å². The summed E-state index contributed by atoms with van der Waals surface area (Å²) in [6.45, 7) is 0.288. The van der Waals surface area contributed by atoms with Crippen LogP contribution in [0.15, 0.2) is 71.8 Å². The van der Waals surface area contributed by atoms with Crippen LogP contribution in [-0.4, -0.2) is 16.2 Å². The van der Waals surface area contributed by atoms with Gasteiger partial charge in [-0.05, 0) is 36.4 Å². The zero-order valence-electron chi connectivity index (χ0n) is 12.2. The fourth-order valence-electron chi connectivity index (χ4n) is 2.44. The normalized spacial score (nSPS) is 12.2. The zero-order chi connectivity index (χ0) is 15.5. The van der Waals surface area contributed by atoms with Crippen molar-refractivity contribution >= 4 is 27.5 Å². The summed E-state index contributed by atoms with van der Waals surface area (Å²) in [4.78, 5) is 13.2. The Morgan fingerprint density at radius 1 is 1.00 bits per heavy atom. The molecular weight excluding hydrogens is 294 g/mol. The quantitative estimate of drug-likeness (QED) is 0.549. The molecule has 0 amide bonds. The molecule has 1 unspecified atom stereocenters. The molecule has 0 saturated heterocycles. The van der Waals surface area contributed by atoms with Gasteiger partial charge in [0, 0.05) is 45.0 Å². The molecule has 0 aliphatic carbocycles. The predicted molar refractivity (Wildman–Crippen MR) is 87.2 cm³/mol. The molecule has 22 heavy (non-hydrogen) atoms. The number of ketones is 1. The topological polar surface area (TPSA) is 38.0 Å². The first kappa shape index (κ1) is 14.6. The Morgan fingerprint density at radius 2 is 1.68 bits per heavy atom. The van der Waals surface area contributed by atoms with Gasteiger partial charge in [0.15, 0.2) is 6.20 Å². The summed E-state index contributed by atoms with van der Waals surface area (Å²) in [5.41, 5.74) is 1.67. The van der Waals surface area contributed by atoms with Crippen LogP contribution in [0.1, 0.15) is 10.4 Å². The summed E-state index contributed by atoms with van der Waals surface area (Å²) in [6, 6.07) is 18.9. The summed E-state index contributed by atoms with van der Waals surface area (Å²) >= 11 is 0. The predicted octanol–water partition coefficient (Wildman–Crippen LogP) is 2.75. The lowest BCUT2D eigenvalue weighted by atomic mass is 10.1. The van der Waals surface area contributed by atoms with Gasteiger partial charge in [-0.25, -0.2) is 0 Å². The van der Waals surface area contributed by atoms with Crippen molar-refractivity contribution in [3.05, 3.63) is 72.4 Å². The van der Waals surface area contributed by atoms with Crippen molar-refractivity contribution in [2.24, 2.45) is 0 Å². The highest BCUT2D eigenvalue weighted by molar-refractivity contribution is 7.84. The minimum Gasteiger partial charge on any atom is -0.287 e. The monoisotopic (exact) mass is 310 g/mol. The van der Waals surface area contributed by atoms with Crippen molar-refractivity contribution < 1.29 is 13.6 Å². The van der Waals surface area contributed by atoms with Gasteiger partial charge in [0.05, 0.1) is 0 Å². The van der Waals surface area contributed by atoms with E-state index < -0.39 is 10.8 Å². The molecule has 0 bridgehead atoms. The van der Waals surface area contributed by atoms with E-state index >= 15 is 0 Å². The van der Waals surface area contributed by atoms with Crippen molar-refractivity contribution in [1.82, 2.24) is 0 Å². The SMILES string of the molecule is CS(=O)c1ccc(C(=O)C[n+]2cccc3ccccc32)cc1. The van der Waals surface area contributed by atoms with Crippen molar-refractivity contribution in [3.63, 3.8) is 0 Å². The molecule has 4 heteroatoms. The molecule has 0 aliphatic heterocycles. The molecule has 0 fully saturated rings. The number of rotatable bonds is 4. The first-order valence-corrected chi connectivity index (χ1v) is 8.55. The maximum absolute atomic E-state index is 12.4. The summed E-state index contributed by atoms with van der Waals surface area (Å²) < 4.78 is 13.3. The van der Waals surface area contributed by atoms with E-state index in [4.69, 9.17) is 0 Å². The van der Waals surface area contributed by atoms with Gasteiger partial charge >= 0.3 is 0 Å². The number of hydrogen-bond donors (Lipinski definition) is 0. The summed E-state index contributed by atoms with van der Waals surface area (Å²) in [7, 11) is -1.02. The second-order valence-corrected chi connectivity index (χ2v) is 6.48. The van der Waals surface area contributed by atoms with Crippen LogP contribution < -0.4 is 4.57 Å². The summed E-state index contributed by atoms with van der Waals surface area (Å²) in [5, 5.41) is 1.11. The molecule has 3 aromatic rings. The Kier molecular flexibility index (Phi) is 4.11. The Bertz CT molecular complexity index is 851. The van der Waals surface area contributed by atoms with Gasteiger partial charge in [0.2, 0.25) is 17.8 Å².